The second kappa shape index (κ2) is 7.09. The molecule has 0 aliphatic carbocycles. The van der Waals surface area contributed by atoms with Crippen LogP contribution in [-0.4, -0.2) is 31.9 Å². The van der Waals surface area contributed by atoms with Gasteiger partial charge >= 0.3 is 0 Å². The van der Waals surface area contributed by atoms with E-state index in [9.17, 15) is 0 Å². The van der Waals surface area contributed by atoms with E-state index >= 15 is 0 Å². The zero-order chi connectivity index (χ0) is 14.5. The minimum absolute atomic E-state index is 0.234. The molecule has 0 saturated carbocycles. The molecular weight excluding hydrogens is 250 g/mol. The summed E-state index contributed by atoms with van der Waals surface area (Å²) in [5.41, 5.74) is 3.73. The highest BCUT2D eigenvalue weighted by atomic mass is 16.5. The van der Waals surface area contributed by atoms with Crippen LogP contribution in [0.4, 0.5) is 0 Å². The number of aryl methyl sites for hydroxylation is 2. The first-order chi connectivity index (χ1) is 9.61. The average Bonchev–Trinajstić information content (AvgIpc) is 2.89. The molecule has 2 atom stereocenters. The van der Waals surface area contributed by atoms with Crippen molar-refractivity contribution in [3.63, 3.8) is 0 Å². The van der Waals surface area contributed by atoms with Gasteiger partial charge in [-0.1, -0.05) is 19.1 Å². The van der Waals surface area contributed by atoms with E-state index in [1.165, 1.54) is 16.7 Å². The van der Waals surface area contributed by atoms with Crippen molar-refractivity contribution in [1.29, 1.82) is 0 Å². The number of likely N-dealkylation sites (N-methyl/N-ethyl adjacent to an activating group) is 1. The van der Waals surface area contributed by atoms with Crippen LogP contribution in [0.3, 0.4) is 0 Å². The lowest BCUT2D eigenvalue weighted by Crippen LogP contribution is -2.28. The maximum Gasteiger partial charge on any atom is 0.125 e. The summed E-state index contributed by atoms with van der Waals surface area (Å²) in [4.78, 5) is 0. The number of nitrogens with one attached hydrogen (secondary N) is 1. The highest BCUT2D eigenvalue weighted by molar-refractivity contribution is 5.44. The minimum Gasteiger partial charge on any atom is -0.490 e. The number of hydrogen-bond donors (Lipinski definition) is 1. The highest BCUT2D eigenvalue weighted by Gasteiger charge is 2.25. The van der Waals surface area contributed by atoms with E-state index in [0.717, 1.165) is 31.7 Å². The zero-order valence-electron chi connectivity index (χ0n) is 13.2. The fourth-order valence-corrected chi connectivity index (χ4v) is 2.68. The van der Waals surface area contributed by atoms with Crippen LogP contribution in [0, 0.1) is 20.8 Å². The monoisotopic (exact) mass is 277 g/mol. The molecule has 1 aliphatic rings. The summed E-state index contributed by atoms with van der Waals surface area (Å²) in [6.45, 7) is 11.1. The molecule has 20 heavy (non-hydrogen) atoms. The normalized spacial score (nSPS) is 22.2. The molecule has 1 aromatic carbocycles. The van der Waals surface area contributed by atoms with Gasteiger partial charge in [-0.25, -0.2) is 0 Å². The summed E-state index contributed by atoms with van der Waals surface area (Å²) in [6, 6.07) is 4.27. The van der Waals surface area contributed by atoms with Gasteiger partial charge < -0.3 is 14.8 Å². The van der Waals surface area contributed by atoms with Crippen molar-refractivity contribution < 1.29 is 9.47 Å². The quantitative estimate of drug-likeness (QED) is 0.866. The third-order valence-electron chi connectivity index (χ3n) is 4.10. The van der Waals surface area contributed by atoms with Crippen LogP contribution in [0.5, 0.6) is 5.75 Å². The smallest absolute Gasteiger partial charge is 0.125 e. The van der Waals surface area contributed by atoms with E-state index in [-0.39, 0.29) is 6.10 Å². The summed E-state index contributed by atoms with van der Waals surface area (Å²) < 4.78 is 12.0. The lowest BCUT2D eigenvalue weighted by Gasteiger charge is -2.18. The Morgan fingerprint density at radius 3 is 2.60 bits per heavy atom. The largest absolute Gasteiger partial charge is 0.490 e. The van der Waals surface area contributed by atoms with Gasteiger partial charge in [-0.15, -0.1) is 0 Å². The summed E-state index contributed by atoms with van der Waals surface area (Å²) in [6.07, 6.45) is 2.81. The highest BCUT2D eigenvalue weighted by Crippen LogP contribution is 2.27. The number of benzene rings is 1. The number of rotatable bonds is 6. The molecule has 1 heterocycles. The third kappa shape index (κ3) is 3.74. The Balaban J connectivity index is 1.86. The van der Waals surface area contributed by atoms with Crippen LogP contribution in [0.2, 0.25) is 0 Å². The fourth-order valence-electron chi connectivity index (χ4n) is 2.68. The molecule has 0 radical (unpaired) electrons. The molecule has 2 rings (SSSR count). The molecule has 112 valence electrons. The SMILES string of the molecule is CCNCC1CCC(COc2c(C)ccc(C)c2C)O1. The third-order valence-corrected chi connectivity index (χ3v) is 4.10. The minimum atomic E-state index is 0.234. The Labute approximate surface area is 122 Å². The van der Waals surface area contributed by atoms with Crippen LogP contribution >= 0.6 is 0 Å². The number of ether oxygens (including phenoxy) is 2. The van der Waals surface area contributed by atoms with Gasteiger partial charge in [-0.05, 0) is 56.8 Å². The molecule has 0 spiro atoms. The molecular formula is C17H27NO2. The molecule has 3 heteroatoms. The first kappa shape index (κ1) is 15.3. The van der Waals surface area contributed by atoms with E-state index in [2.05, 4.69) is 45.1 Å². The van der Waals surface area contributed by atoms with Crippen molar-refractivity contribution in [3.8, 4) is 5.75 Å². The van der Waals surface area contributed by atoms with Gasteiger partial charge in [0.1, 0.15) is 12.4 Å². The second-order valence-corrected chi connectivity index (χ2v) is 5.73. The lowest BCUT2D eigenvalue weighted by molar-refractivity contribution is 0.0185. The van der Waals surface area contributed by atoms with E-state index in [4.69, 9.17) is 9.47 Å². The van der Waals surface area contributed by atoms with Gasteiger partial charge in [0.2, 0.25) is 0 Å². The Bertz CT molecular complexity index is 445. The summed E-state index contributed by atoms with van der Waals surface area (Å²) in [7, 11) is 0. The Morgan fingerprint density at radius 1 is 1.15 bits per heavy atom. The van der Waals surface area contributed by atoms with Crippen LogP contribution in [-0.2, 0) is 4.74 Å². The maximum atomic E-state index is 6.04. The second-order valence-electron chi connectivity index (χ2n) is 5.73. The Kier molecular flexibility index (Phi) is 5.44. The van der Waals surface area contributed by atoms with Gasteiger partial charge in [0.15, 0.2) is 0 Å². The standard InChI is InChI=1S/C17H27NO2/c1-5-18-10-15-8-9-16(20-15)11-19-17-13(3)7-6-12(2)14(17)4/h6-7,15-16,18H,5,8-11H2,1-4H3. The molecule has 0 amide bonds. The molecule has 1 aliphatic heterocycles. The van der Waals surface area contributed by atoms with Crippen LogP contribution in [0.25, 0.3) is 0 Å². The van der Waals surface area contributed by atoms with Gasteiger partial charge in [0.05, 0.1) is 12.2 Å². The van der Waals surface area contributed by atoms with E-state index in [0.29, 0.717) is 12.7 Å². The van der Waals surface area contributed by atoms with Gasteiger partial charge in [-0.3, -0.25) is 0 Å². The van der Waals surface area contributed by atoms with Crippen molar-refractivity contribution in [2.45, 2.75) is 52.7 Å². The van der Waals surface area contributed by atoms with Crippen LogP contribution in [0.15, 0.2) is 12.1 Å². The van der Waals surface area contributed by atoms with Gasteiger partial charge in [0, 0.05) is 6.54 Å². The average molecular weight is 277 g/mol. The molecule has 3 nitrogen and oxygen atoms in total. The van der Waals surface area contributed by atoms with Crippen molar-refractivity contribution in [2.24, 2.45) is 0 Å². The summed E-state index contributed by atoms with van der Waals surface area (Å²) in [5.74, 6) is 1.03. The molecule has 1 aromatic rings. The Hall–Kier alpha value is -1.06. The first-order valence-electron chi connectivity index (χ1n) is 7.67. The van der Waals surface area contributed by atoms with E-state index in [1.807, 2.05) is 0 Å². The molecule has 1 saturated heterocycles. The molecule has 0 bridgehead atoms. The lowest BCUT2D eigenvalue weighted by atomic mass is 10.1. The predicted molar refractivity (Wildman–Crippen MR) is 82.6 cm³/mol. The predicted octanol–water partition coefficient (Wildman–Crippen LogP) is 3.15. The molecule has 1 N–H and O–H groups in total. The van der Waals surface area contributed by atoms with E-state index in [1.54, 1.807) is 0 Å². The van der Waals surface area contributed by atoms with Crippen molar-refractivity contribution in [2.75, 3.05) is 19.7 Å². The zero-order valence-corrected chi connectivity index (χ0v) is 13.2. The van der Waals surface area contributed by atoms with Gasteiger partial charge in [-0.2, -0.15) is 0 Å². The van der Waals surface area contributed by atoms with Crippen LogP contribution in [0.1, 0.15) is 36.5 Å². The van der Waals surface area contributed by atoms with Crippen LogP contribution < -0.4 is 10.1 Å². The Morgan fingerprint density at radius 2 is 1.85 bits per heavy atom. The van der Waals surface area contributed by atoms with Crippen molar-refractivity contribution >= 4 is 0 Å². The molecule has 1 fully saturated rings. The van der Waals surface area contributed by atoms with E-state index < -0.39 is 0 Å². The van der Waals surface area contributed by atoms with Gasteiger partial charge in [0.25, 0.3) is 0 Å². The van der Waals surface area contributed by atoms with Crippen molar-refractivity contribution in [1.82, 2.24) is 5.32 Å². The molecule has 2 unspecified atom stereocenters. The summed E-state index contributed by atoms with van der Waals surface area (Å²) >= 11 is 0. The first-order valence-corrected chi connectivity index (χ1v) is 7.67. The number of hydrogen-bond acceptors (Lipinski definition) is 3. The topological polar surface area (TPSA) is 30.5 Å². The summed E-state index contributed by atoms with van der Waals surface area (Å²) in [5, 5.41) is 3.34. The fraction of sp³-hybridized carbons (Fsp3) is 0.647. The molecule has 0 aromatic heterocycles. The van der Waals surface area contributed by atoms with Crippen molar-refractivity contribution in [3.05, 3.63) is 28.8 Å². The maximum absolute atomic E-state index is 6.04.